The fraction of sp³-hybridized carbons (Fsp3) is 0.308. The molecule has 1 aromatic heterocycles. The van der Waals surface area contributed by atoms with Crippen LogP contribution in [-0.2, 0) is 0 Å². The van der Waals surface area contributed by atoms with Gasteiger partial charge in [0, 0.05) is 17.1 Å². The minimum atomic E-state index is 0. The average molecular weight is 237 g/mol. The largest absolute Gasteiger partial charge is 0.359 e. The first-order chi connectivity index (χ1) is 7.06. The monoisotopic (exact) mass is 236 g/mol. The van der Waals surface area contributed by atoms with Gasteiger partial charge < -0.3 is 4.98 Å². The van der Waals surface area contributed by atoms with E-state index >= 15 is 0 Å². The van der Waals surface area contributed by atoms with Crippen molar-refractivity contribution in [2.45, 2.75) is 27.7 Å². The van der Waals surface area contributed by atoms with Crippen molar-refractivity contribution < 1.29 is 0 Å². The molecule has 0 bridgehead atoms. The van der Waals surface area contributed by atoms with Gasteiger partial charge in [0.25, 0.3) is 0 Å². The lowest BCUT2D eigenvalue weighted by Gasteiger charge is -1.96. The topological polar surface area (TPSA) is 28.1 Å². The molecule has 0 amide bonds. The Morgan fingerprint density at radius 1 is 1.19 bits per heavy atom. The summed E-state index contributed by atoms with van der Waals surface area (Å²) >= 11 is 0. The molecular weight excluding hydrogens is 220 g/mol. The van der Waals surface area contributed by atoms with Crippen molar-refractivity contribution in [3.05, 3.63) is 40.4 Å². The fourth-order valence-corrected chi connectivity index (χ4v) is 1.88. The molecule has 0 spiro atoms. The first-order valence-corrected chi connectivity index (χ1v) is 5.18. The molecule has 3 heteroatoms. The predicted octanol–water partition coefficient (Wildman–Crippen LogP) is 3.82. The molecule has 1 aromatic rings. The van der Waals surface area contributed by atoms with Crippen LogP contribution in [0, 0.1) is 13.8 Å². The molecule has 1 aliphatic heterocycles. The van der Waals surface area contributed by atoms with Gasteiger partial charge in [-0.15, -0.1) is 12.4 Å². The molecule has 0 radical (unpaired) electrons. The fourth-order valence-electron chi connectivity index (χ4n) is 1.88. The van der Waals surface area contributed by atoms with Gasteiger partial charge in [-0.25, -0.2) is 0 Å². The second-order valence-electron chi connectivity index (χ2n) is 4.16. The van der Waals surface area contributed by atoms with Gasteiger partial charge in [-0.05, 0) is 57.0 Å². The molecule has 2 rings (SSSR count). The van der Waals surface area contributed by atoms with Crippen LogP contribution in [-0.4, -0.2) is 10.7 Å². The third-order valence-corrected chi connectivity index (χ3v) is 2.60. The van der Waals surface area contributed by atoms with Crippen LogP contribution in [0.4, 0.5) is 0 Å². The standard InChI is InChI=1S/C13H16N2.ClH/c1-8-5-10(3)14-12(8)7-13-9(2)6-11(4)15-13;/h5-7,14H,1-4H3;1H/b13-7+;. The summed E-state index contributed by atoms with van der Waals surface area (Å²) < 4.78 is 0. The van der Waals surface area contributed by atoms with Gasteiger partial charge in [0.2, 0.25) is 0 Å². The number of hydrogen-bond acceptors (Lipinski definition) is 1. The zero-order chi connectivity index (χ0) is 11.0. The molecule has 2 heterocycles. The number of allylic oxidation sites excluding steroid dienone is 2. The first kappa shape index (κ1) is 12.8. The first-order valence-electron chi connectivity index (χ1n) is 5.18. The van der Waals surface area contributed by atoms with E-state index in [4.69, 9.17) is 0 Å². The highest BCUT2D eigenvalue weighted by molar-refractivity contribution is 5.98. The second kappa shape index (κ2) is 4.71. The Morgan fingerprint density at radius 3 is 2.31 bits per heavy atom. The van der Waals surface area contributed by atoms with Crippen LogP contribution < -0.4 is 0 Å². The third-order valence-electron chi connectivity index (χ3n) is 2.60. The van der Waals surface area contributed by atoms with Crippen molar-refractivity contribution in [3.8, 4) is 0 Å². The van der Waals surface area contributed by atoms with E-state index in [1.807, 2.05) is 6.92 Å². The van der Waals surface area contributed by atoms with Crippen LogP contribution in [0.5, 0.6) is 0 Å². The van der Waals surface area contributed by atoms with Gasteiger partial charge in [-0.3, -0.25) is 4.99 Å². The van der Waals surface area contributed by atoms with Crippen molar-refractivity contribution in [1.29, 1.82) is 0 Å². The van der Waals surface area contributed by atoms with Gasteiger partial charge in [0.1, 0.15) is 0 Å². The maximum absolute atomic E-state index is 4.48. The number of halogens is 1. The van der Waals surface area contributed by atoms with Gasteiger partial charge in [0.05, 0.1) is 5.70 Å². The Bertz CT molecular complexity index is 490. The zero-order valence-electron chi connectivity index (χ0n) is 10.1. The predicted molar refractivity (Wildman–Crippen MR) is 72.4 cm³/mol. The molecule has 0 fully saturated rings. The summed E-state index contributed by atoms with van der Waals surface area (Å²) in [5.41, 5.74) is 7.01. The molecule has 1 N–H and O–H groups in total. The number of aromatic amines is 1. The number of H-pyrrole nitrogens is 1. The molecule has 16 heavy (non-hydrogen) atoms. The van der Waals surface area contributed by atoms with E-state index < -0.39 is 0 Å². The number of aromatic nitrogens is 1. The summed E-state index contributed by atoms with van der Waals surface area (Å²) in [4.78, 5) is 7.81. The molecule has 0 unspecified atom stereocenters. The van der Waals surface area contributed by atoms with Crippen LogP contribution >= 0.6 is 12.4 Å². The molecule has 86 valence electrons. The van der Waals surface area contributed by atoms with E-state index in [-0.39, 0.29) is 12.4 Å². The molecule has 2 nitrogen and oxygen atoms in total. The number of aryl methyl sites for hydroxylation is 2. The Hall–Kier alpha value is -1.28. The Kier molecular flexibility index (Phi) is 3.76. The number of nitrogens with one attached hydrogen (secondary N) is 1. The van der Waals surface area contributed by atoms with E-state index in [2.05, 4.69) is 49.0 Å². The minimum absolute atomic E-state index is 0. The van der Waals surface area contributed by atoms with Gasteiger partial charge in [-0.2, -0.15) is 0 Å². The summed E-state index contributed by atoms with van der Waals surface area (Å²) in [6.45, 7) is 8.30. The highest BCUT2D eigenvalue weighted by atomic mass is 35.5. The molecule has 0 aliphatic carbocycles. The van der Waals surface area contributed by atoms with Crippen LogP contribution in [0.2, 0.25) is 0 Å². The van der Waals surface area contributed by atoms with E-state index in [1.54, 1.807) is 0 Å². The minimum Gasteiger partial charge on any atom is -0.359 e. The number of aliphatic imine (C=N–C) groups is 1. The van der Waals surface area contributed by atoms with Crippen molar-refractivity contribution in [3.63, 3.8) is 0 Å². The van der Waals surface area contributed by atoms with E-state index in [0.29, 0.717) is 0 Å². The summed E-state index contributed by atoms with van der Waals surface area (Å²) in [6.07, 6.45) is 4.22. The van der Waals surface area contributed by atoms with E-state index in [0.717, 1.165) is 17.1 Å². The van der Waals surface area contributed by atoms with Crippen LogP contribution in [0.15, 0.2) is 28.4 Å². The van der Waals surface area contributed by atoms with E-state index in [9.17, 15) is 0 Å². The maximum Gasteiger partial charge on any atom is 0.0683 e. The zero-order valence-corrected chi connectivity index (χ0v) is 10.9. The van der Waals surface area contributed by atoms with Crippen LogP contribution in [0.25, 0.3) is 6.08 Å². The quantitative estimate of drug-likeness (QED) is 0.768. The molecule has 0 saturated heterocycles. The normalized spacial score (nSPS) is 17.1. The lowest BCUT2D eigenvalue weighted by atomic mass is 10.1. The summed E-state index contributed by atoms with van der Waals surface area (Å²) in [7, 11) is 0. The van der Waals surface area contributed by atoms with Crippen molar-refractivity contribution >= 4 is 24.2 Å². The summed E-state index contributed by atoms with van der Waals surface area (Å²) in [5.74, 6) is 0. The average Bonchev–Trinajstić information content (AvgIpc) is 2.58. The van der Waals surface area contributed by atoms with E-state index in [1.165, 1.54) is 16.8 Å². The van der Waals surface area contributed by atoms with Crippen LogP contribution in [0.1, 0.15) is 30.8 Å². The molecule has 0 atom stereocenters. The van der Waals surface area contributed by atoms with Gasteiger partial charge in [-0.1, -0.05) is 0 Å². The number of hydrogen-bond donors (Lipinski definition) is 1. The Morgan fingerprint density at radius 2 is 1.88 bits per heavy atom. The van der Waals surface area contributed by atoms with Crippen molar-refractivity contribution in [1.82, 2.24) is 4.98 Å². The smallest absolute Gasteiger partial charge is 0.0683 e. The van der Waals surface area contributed by atoms with Crippen LogP contribution in [0.3, 0.4) is 0 Å². The molecule has 0 saturated carbocycles. The van der Waals surface area contributed by atoms with Gasteiger partial charge in [0.15, 0.2) is 0 Å². The number of nitrogens with zero attached hydrogens (tertiary/aromatic N) is 1. The van der Waals surface area contributed by atoms with Crippen molar-refractivity contribution in [2.75, 3.05) is 0 Å². The number of rotatable bonds is 1. The van der Waals surface area contributed by atoms with Crippen molar-refractivity contribution in [2.24, 2.45) is 4.99 Å². The summed E-state index contributed by atoms with van der Waals surface area (Å²) in [6, 6.07) is 2.15. The SMILES string of the molecule is CC1=CC(C)=N/C1=C/c1[nH]c(C)cc1C.Cl. The Balaban J connectivity index is 0.00000128. The molecule has 0 aromatic carbocycles. The lowest BCUT2D eigenvalue weighted by Crippen LogP contribution is -1.81. The summed E-state index contributed by atoms with van der Waals surface area (Å²) in [5, 5.41) is 0. The highest BCUT2D eigenvalue weighted by Crippen LogP contribution is 2.22. The molecular formula is C13H17ClN2. The lowest BCUT2D eigenvalue weighted by molar-refractivity contribution is 1.23. The Labute approximate surface area is 103 Å². The van der Waals surface area contributed by atoms with Gasteiger partial charge >= 0.3 is 0 Å². The third kappa shape index (κ3) is 2.45. The highest BCUT2D eigenvalue weighted by Gasteiger charge is 2.08. The molecule has 1 aliphatic rings. The second-order valence-corrected chi connectivity index (χ2v) is 4.16. The maximum atomic E-state index is 4.48.